The molecule has 3 nitrogen and oxygen atoms in total. The number of hydrogen-bond acceptors (Lipinski definition) is 2. The van der Waals surface area contributed by atoms with Crippen molar-refractivity contribution in [2.45, 2.75) is 12.6 Å². The van der Waals surface area contributed by atoms with E-state index in [2.05, 4.69) is 0 Å². The van der Waals surface area contributed by atoms with E-state index in [1.165, 1.54) is 6.07 Å². The molecular formula is C11H9F4NO2. The summed E-state index contributed by atoms with van der Waals surface area (Å²) in [5.41, 5.74) is 0.0375. The number of nitrogens with zero attached hydrogens (tertiary/aromatic N) is 1. The minimum atomic E-state index is -4.58. The number of amides is 1. The molecule has 0 radical (unpaired) electrons. The zero-order valence-corrected chi connectivity index (χ0v) is 9.13. The third-order valence-corrected chi connectivity index (χ3v) is 2.44. The van der Waals surface area contributed by atoms with Gasteiger partial charge in [-0.2, -0.15) is 13.2 Å². The number of carbonyl (C=O) groups is 1. The number of rotatable bonds is 1. The highest BCUT2D eigenvalue weighted by molar-refractivity contribution is 5.95. The molecule has 7 heteroatoms. The number of ether oxygens (including phenoxy) is 1. The third-order valence-electron chi connectivity index (χ3n) is 2.44. The number of hydrogen-bond donors (Lipinski definition) is 0. The molecule has 0 atom stereocenters. The van der Waals surface area contributed by atoms with Crippen LogP contribution in [0.15, 0.2) is 18.2 Å². The SMILES string of the molecule is O=C(CC(F)(F)F)N1CCOc2ccc(F)cc21. The molecule has 0 N–H and O–H groups in total. The van der Waals surface area contributed by atoms with Crippen LogP contribution < -0.4 is 9.64 Å². The van der Waals surface area contributed by atoms with Gasteiger partial charge in [-0.05, 0) is 12.1 Å². The second-order valence-corrected chi connectivity index (χ2v) is 3.80. The predicted molar refractivity (Wildman–Crippen MR) is 54.9 cm³/mol. The van der Waals surface area contributed by atoms with Gasteiger partial charge < -0.3 is 9.64 Å². The van der Waals surface area contributed by atoms with Gasteiger partial charge in [0.05, 0.1) is 12.2 Å². The first-order valence-corrected chi connectivity index (χ1v) is 5.16. The first kappa shape index (κ1) is 12.7. The van der Waals surface area contributed by atoms with Crippen LogP contribution in [0, 0.1) is 5.82 Å². The van der Waals surface area contributed by atoms with E-state index in [9.17, 15) is 22.4 Å². The molecule has 0 saturated carbocycles. The van der Waals surface area contributed by atoms with Crippen molar-refractivity contribution in [2.75, 3.05) is 18.1 Å². The third kappa shape index (κ3) is 2.72. The topological polar surface area (TPSA) is 29.5 Å². The highest BCUT2D eigenvalue weighted by Gasteiger charge is 2.35. The summed E-state index contributed by atoms with van der Waals surface area (Å²) in [6.45, 7) is 0.0631. The highest BCUT2D eigenvalue weighted by atomic mass is 19.4. The largest absolute Gasteiger partial charge is 0.490 e. The minimum absolute atomic E-state index is 0.0225. The molecule has 2 rings (SSSR count). The van der Waals surface area contributed by atoms with Crippen molar-refractivity contribution in [1.29, 1.82) is 0 Å². The van der Waals surface area contributed by atoms with Crippen molar-refractivity contribution in [3.8, 4) is 5.75 Å². The van der Waals surface area contributed by atoms with E-state index in [0.29, 0.717) is 0 Å². The molecule has 1 aromatic carbocycles. The minimum Gasteiger partial charge on any atom is -0.490 e. The van der Waals surface area contributed by atoms with Crippen molar-refractivity contribution in [2.24, 2.45) is 0 Å². The first-order chi connectivity index (χ1) is 8.37. The van der Waals surface area contributed by atoms with Crippen LogP contribution in [0.25, 0.3) is 0 Å². The molecule has 0 bridgehead atoms. The van der Waals surface area contributed by atoms with Crippen LogP contribution in [0.3, 0.4) is 0 Å². The molecule has 98 valence electrons. The standard InChI is InChI=1S/C11H9F4NO2/c12-7-1-2-9-8(5-7)16(3-4-18-9)10(17)6-11(13,14)15/h1-2,5H,3-4,6H2. The summed E-state index contributed by atoms with van der Waals surface area (Å²) in [5.74, 6) is -1.54. The van der Waals surface area contributed by atoms with E-state index < -0.39 is 24.3 Å². The molecule has 0 unspecified atom stereocenters. The monoisotopic (exact) mass is 263 g/mol. The average molecular weight is 263 g/mol. The van der Waals surface area contributed by atoms with Crippen molar-refractivity contribution in [3.63, 3.8) is 0 Å². The number of carbonyl (C=O) groups excluding carboxylic acids is 1. The van der Waals surface area contributed by atoms with Gasteiger partial charge in [-0.25, -0.2) is 4.39 Å². The average Bonchev–Trinajstić information content (AvgIpc) is 2.25. The van der Waals surface area contributed by atoms with Crippen LogP contribution in [0.1, 0.15) is 6.42 Å². The van der Waals surface area contributed by atoms with Gasteiger partial charge in [0.25, 0.3) is 0 Å². The lowest BCUT2D eigenvalue weighted by Gasteiger charge is -2.29. The van der Waals surface area contributed by atoms with Crippen LogP contribution >= 0.6 is 0 Å². The Morgan fingerprint density at radius 1 is 1.39 bits per heavy atom. The molecule has 1 heterocycles. The Morgan fingerprint density at radius 2 is 2.11 bits per heavy atom. The summed E-state index contributed by atoms with van der Waals surface area (Å²) >= 11 is 0. The predicted octanol–water partition coefficient (Wildman–Crippen LogP) is 2.50. The Morgan fingerprint density at radius 3 is 2.78 bits per heavy atom. The van der Waals surface area contributed by atoms with Crippen molar-refractivity contribution in [1.82, 2.24) is 0 Å². The molecule has 1 amide bonds. The smallest absolute Gasteiger partial charge is 0.397 e. The second-order valence-electron chi connectivity index (χ2n) is 3.80. The summed E-state index contributed by atoms with van der Waals surface area (Å²) < 4.78 is 54.7. The zero-order chi connectivity index (χ0) is 13.3. The molecule has 0 saturated heterocycles. The Labute approximate surface area is 99.9 Å². The molecule has 0 aliphatic carbocycles. The number of halogens is 4. The van der Waals surface area contributed by atoms with Gasteiger partial charge in [-0.15, -0.1) is 0 Å². The molecule has 0 spiro atoms. The summed E-state index contributed by atoms with van der Waals surface area (Å²) in [5, 5.41) is 0. The normalized spacial score (nSPS) is 15.0. The lowest BCUT2D eigenvalue weighted by molar-refractivity contribution is -0.152. The molecule has 0 aromatic heterocycles. The van der Waals surface area contributed by atoms with E-state index in [4.69, 9.17) is 4.74 Å². The van der Waals surface area contributed by atoms with Crippen molar-refractivity contribution < 1.29 is 27.1 Å². The number of fused-ring (bicyclic) bond motifs is 1. The van der Waals surface area contributed by atoms with E-state index in [1.54, 1.807) is 0 Å². The molecule has 18 heavy (non-hydrogen) atoms. The number of anilines is 1. The fourth-order valence-corrected chi connectivity index (χ4v) is 1.72. The van der Waals surface area contributed by atoms with E-state index in [1.807, 2.05) is 0 Å². The van der Waals surface area contributed by atoms with Crippen LogP contribution in [0.2, 0.25) is 0 Å². The maximum atomic E-state index is 13.1. The van der Waals surface area contributed by atoms with Gasteiger partial charge in [-0.1, -0.05) is 0 Å². The summed E-state index contributed by atoms with van der Waals surface area (Å²) in [4.78, 5) is 12.4. The van der Waals surface area contributed by atoms with Gasteiger partial charge in [0, 0.05) is 6.07 Å². The lowest BCUT2D eigenvalue weighted by Crippen LogP contribution is -2.40. The quantitative estimate of drug-likeness (QED) is 0.728. The Bertz CT molecular complexity index is 473. The maximum absolute atomic E-state index is 13.1. The van der Waals surface area contributed by atoms with Gasteiger partial charge >= 0.3 is 6.18 Å². The summed E-state index contributed by atoms with van der Waals surface area (Å²) in [6, 6.07) is 3.40. The van der Waals surface area contributed by atoms with E-state index >= 15 is 0 Å². The number of benzene rings is 1. The van der Waals surface area contributed by atoms with Gasteiger partial charge in [0.15, 0.2) is 0 Å². The van der Waals surface area contributed by atoms with Crippen molar-refractivity contribution in [3.05, 3.63) is 24.0 Å². The molecular weight excluding hydrogens is 254 g/mol. The van der Waals surface area contributed by atoms with Crippen molar-refractivity contribution >= 4 is 11.6 Å². The van der Waals surface area contributed by atoms with Crippen LogP contribution in [0.5, 0.6) is 5.75 Å². The van der Waals surface area contributed by atoms with Crippen LogP contribution in [-0.4, -0.2) is 25.2 Å². The van der Waals surface area contributed by atoms with Crippen LogP contribution in [0.4, 0.5) is 23.2 Å². The first-order valence-electron chi connectivity index (χ1n) is 5.16. The van der Waals surface area contributed by atoms with Gasteiger partial charge in [0.1, 0.15) is 24.6 Å². The Balaban J connectivity index is 2.27. The van der Waals surface area contributed by atoms with Gasteiger partial charge in [0.2, 0.25) is 5.91 Å². The summed E-state index contributed by atoms with van der Waals surface area (Å²) in [7, 11) is 0. The summed E-state index contributed by atoms with van der Waals surface area (Å²) in [6.07, 6.45) is -6.15. The van der Waals surface area contributed by atoms with Crippen LogP contribution in [-0.2, 0) is 4.79 Å². The molecule has 1 aromatic rings. The Kier molecular flexibility index (Phi) is 3.14. The second kappa shape index (κ2) is 4.47. The highest BCUT2D eigenvalue weighted by Crippen LogP contribution is 2.33. The maximum Gasteiger partial charge on any atom is 0.397 e. The molecule has 1 aliphatic heterocycles. The fraction of sp³-hybridized carbons (Fsp3) is 0.364. The lowest BCUT2D eigenvalue weighted by atomic mass is 10.2. The molecule has 0 fully saturated rings. The molecule has 1 aliphatic rings. The number of alkyl halides is 3. The fourth-order valence-electron chi connectivity index (χ4n) is 1.72. The van der Waals surface area contributed by atoms with Gasteiger partial charge in [-0.3, -0.25) is 4.79 Å². The van der Waals surface area contributed by atoms with E-state index in [0.717, 1.165) is 17.0 Å². The van der Waals surface area contributed by atoms with E-state index in [-0.39, 0.29) is 24.6 Å². The zero-order valence-electron chi connectivity index (χ0n) is 9.13. The Hall–Kier alpha value is -1.79.